The highest BCUT2D eigenvalue weighted by atomic mass is 19.1. The monoisotopic (exact) mass is 312 g/mol. The standard InChI is InChI=1S/C16H22F2N2O2/c1-11-9-12(18)3-4-14(11)15-10-13(19(2)8-6-17)5-7-20(15)16(21)22/h3-4,9,13,15H,5-8,10H2,1-2H3,(H,21,22)/t13?,15-/m1/s1. The third-order valence-electron chi connectivity index (χ3n) is 4.47. The lowest BCUT2D eigenvalue weighted by Crippen LogP contribution is -2.47. The molecule has 2 atom stereocenters. The fraction of sp³-hybridized carbons (Fsp3) is 0.562. The Kier molecular flexibility index (Phi) is 5.34. The molecular weight excluding hydrogens is 290 g/mol. The lowest BCUT2D eigenvalue weighted by Gasteiger charge is -2.41. The van der Waals surface area contributed by atoms with E-state index in [2.05, 4.69) is 0 Å². The molecule has 2 rings (SSSR count). The van der Waals surface area contributed by atoms with E-state index in [9.17, 15) is 18.7 Å². The molecule has 6 heteroatoms. The molecule has 1 fully saturated rings. The highest BCUT2D eigenvalue weighted by Gasteiger charge is 2.34. The molecule has 0 bridgehead atoms. The molecule has 1 aromatic carbocycles. The summed E-state index contributed by atoms with van der Waals surface area (Å²) in [6, 6.07) is 4.24. The number of likely N-dealkylation sites (tertiary alicyclic amines) is 1. The molecule has 1 N–H and O–H groups in total. The number of hydrogen-bond acceptors (Lipinski definition) is 2. The average Bonchev–Trinajstić information content (AvgIpc) is 2.46. The van der Waals surface area contributed by atoms with Crippen LogP contribution in [0.25, 0.3) is 0 Å². The van der Waals surface area contributed by atoms with Crippen LogP contribution in [0.3, 0.4) is 0 Å². The first kappa shape index (κ1) is 16.7. The molecule has 1 amide bonds. The number of nitrogens with zero attached hydrogens (tertiary/aromatic N) is 2. The number of piperidine rings is 1. The van der Waals surface area contributed by atoms with Gasteiger partial charge in [-0.1, -0.05) is 6.07 Å². The number of halogens is 2. The van der Waals surface area contributed by atoms with Gasteiger partial charge in [0.15, 0.2) is 0 Å². The van der Waals surface area contributed by atoms with Crippen LogP contribution >= 0.6 is 0 Å². The fourth-order valence-corrected chi connectivity index (χ4v) is 3.20. The summed E-state index contributed by atoms with van der Waals surface area (Å²) in [5.41, 5.74) is 1.56. The summed E-state index contributed by atoms with van der Waals surface area (Å²) in [4.78, 5) is 14.8. The molecule has 0 aliphatic carbocycles. The quantitative estimate of drug-likeness (QED) is 0.928. The largest absolute Gasteiger partial charge is 0.465 e. The van der Waals surface area contributed by atoms with Gasteiger partial charge in [0, 0.05) is 19.1 Å². The Morgan fingerprint density at radius 2 is 2.23 bits per heavy atom. The van der Waals surface area contributed by atoms with Crippen molar-refractivity contribution >= 4 is 6.09 Å². The van der Waals surface area contributed by atoms with Crippen molar-refractivity contribution in [2.45, 2.75) is 31.8 Å². The molecule has 1 aliphatic heterocycles. The molecule has 1 unspecified atom stereocenters. The summed E-state index contributed by atoms with van der Waals surface area (Å²) >= 11 is 0. The van der Waals surface area contributed by atoms with Gasteiger partial charge in [-0.2, -0.15) is 0 Å². The number of benzene rings is 1. The van der Waals surface area contributed by atoms with E-state index >= 15 is 0 Å². The minimum absolute atomic E-state index is 0.126. The van der Waals surface area contributed by atoms with Gasteiger partial charge in [0.1, 0.15) is 12.5 Å². The lowest BCUT2D eigenvalue weighted by molar-refractivity contribution is 0.0677. The van der Waals surface area contributed by atoms with Crippen molar-refractivity contribution in [3.05, 3.63) is 35.1 Å². The Labute approximate surface area is 129 Å². The normalized spacial score (nSPS) is 22.1. The minimum Gasteiger partial charge on any atom is -0.465 e. The number of amides is 1. The Bertz CT molecular complexity index is 539. The molecule has 0 spiro atoms. The molecule has 0 aromatic heterocycles. The zero-order valence-corrected chi connectivity index (χ0v) is 12.9. The minimum atomic E-state index is -0.972. The fourth-order valence-electron chi connectivity index (χ4n) is 3.20. The number of aryl methyl sites for hydroxylation is 1. The first-order chi connectivity index (χ1) is 10.4. The zero-order chi connectivity index (χ0) is 16.3. The van der Waals surface area contributed by atoms with E-state index < -0.39 is 12.8 Å². The molecule has 1 aliphatic rings. The molecule has 0 saturated carbocycles. The number of alkyl halides is 1. The second-order valence-corrected chi connectivity index (χ2v) is 5.84. The predicted molar refractivity (Wildman–Crippen MR) is 80.2 cm³/mol. The number of carbonyl (C=O) groups is 1. The van der Waals surface area contributed by atoms with Gasteiger partial charge in [0.2, 0.25) is 0 Å². The van der Waals surface area contributed by atoms with E-state index in [-0.39, 0.29) is 17.9 Å². The van der Waals surface area contributed by atoms with Gasteiger partial charge in [-0.05, 0) is 50.1 Å². The SMILES string of the molecule is Cc1cc(F)ccc1[C@H]1CC(N(C)CCF)CCN1C(=O)O. The average molecular weight is 312 g/mol. The van der Waals surface area contributed by atoms with Gasteiger partial charge >= 0.3 is 6.09 Å². The van der Waals surface area contributed by atoms with E-state index in [1.54, 1.807) is 13.0 Å². The maximum absolute atomic E-state index is 13.3. The number of rotatable bonds is 4. The molecule has 1 saturated heterocycles. The Hall–Kier alpha value is -1.69. The molecular formula is C16H22F2N2O2. The summed E-state index contributed by atoms with van der Waals surface area (Å²) in [6.45, 7) is 2.11. The number of hydrogen-bond donors (Lipinski definition) is 1. The van der Waals surface area contributed by atoms with Gasteiger partial charge < -0.3 is 14.9 Å². The van der Waals surface area contributed by atoms with Gasteiger partial charge in [0.25, 0.3) is 0 Å². The highest BCUT2D eigenvalue weighted by molar-refractivity contribution is 5.66. The first-order valence-corrected chi connectivity index (χ1v) is 7.46. The summed E-state index contributed by atoms with van der Waals surface area (Å²) in [5, 5.41) is 9.42. The van der Waals surface area contributed by atoms with E-state index in [1.165, 1.54) is 17.0 Å². The van der Waals surface area contributed by atoms with Crippen molar-refractivity contribution in [2.75, 3.05) is 26.8 Å². The van der Waals surface area contributed by atoms with Crippen LogP contribution in [-0.4, -0.2) is 53.9 Å². The van der Waals surface area contributed by atoms with Crippen molar-refractivity contribution in [1.29, 1.82) is 0 Å². The van der Waals surface area contributed by atoms with Crippen molar-refractivity contribution in [3.8, 4) is 0 Å². The molecule has 1 heterocycles. The second-order valence-electron chi connectivity index (χ2n) is 5.84. The molecule has 122 valence electrons. The van der Waals surface area contributed by atoms with Crippen LogP contribution in [0.15, 0.2) is 18.2 Å². The van der Waals surface area contributed by atoms with Crippen LogP contribution in [0, 0.1) is 12.7 Å². The van der Waals surface area contributed by atoms with E-state index in [4.69, 9.17) is 0 Å². The summed E-state index contributed by atoms with van der Waals surface area (Å²) in [6.07, 6.45) is 0.301. The first-order valence-electron chi connectivity index (χ1n) is 7.46. The lowest BCUT2D eigenvalue weighted by atomic mass is 9.89. The smallest absolute Gasteiger partial charge is 0.407 e. The summed E-state index contributed by atoms with van der Waals surface area (Å²) in [7, 11) is 1.86. The molecule has 1 aromatic rings. The van der Waals surface area contributed by atoms with Crippen molar-refractivity contribution in [1.82, 2.24) is 9.80 Å². The highest BCUT2D eigenvalue weighted by Crippen LogP contribution is 2.34. The van der Waals surface area contributed by atoms with Crippen molar-refractivity contribution < 1.29 is 18.7 Å². The molecule has 22 heavy (non-hydrogen) atoms. The van der Waals surface area contributed by atoms with Gasteiger partial charge in [-0.15, -0.1) is 0 Å². The van der Waals surface area contributed by atoms with Crippen LogP contribution < -0.4 is 0 Å². The Balaban J connectivity index is 2.27. The van der Waals surface area contributed by atoms with Crippen LogP contribution in [0.5, 0.6) is 0 Å². The second kappa shape index (κ2) is 7.05. The molecule has 0 radical (unpaired) electrons. The van der Waals surface area contributed by atoms with Crippen LogP contribution in [0.1, 0.15) is 30.0 Å². The van der Waals surface area contributed by atoms with Crippen LogP contribution in [0.2, 0.25) is 0 Å². The Morgan fingerprint density at radius 3 is 2.82 bits per heavy atom. The summed E-state index contributed by atoms with van der Waals surface area (Å²) < 4.78 is 25.8. The maximum Gasteiger partial charge on any atom is 0.407 e. The topological polar surface area (TPSA) is 43.8 Å². The Morgan fingerprint density at radius 1 is 1.50 bits per heavy atom. The third kappa shape index (κ3) is 3.55. The van der Waals surface area contributed by atoms with Gasteiger partial charge in [-0.3, -0.25) is 0 Å². The van der Waals surface area contributed by atoms with Crippen molar-refractivity contribution in [3.63, 3.8) is 0 Å². The van der Waals surface area contributed by atoms with E-state index in [1.807, 2.05) is 11.9 Å². The van der Waals surface area contributed by atoms with Crippen LogP contribution in [-0.2, 0) is 0 Å². The third-order valence-corrected chi connectivity index (χ3v) is 4.47. The maximum atomic E-state index is 13.3. The predicted octanol–water partition coefficient (Wildman–Crippen LogP) is 3.22. The van der Waals surface area contributed by atoms with Gasteiger partial charge in [-0.25, -0.2) is 13.6 Å². The van der Waals surface area contributed by atoms with E-state index in [0.717, 1.165) is 11.1 Å². The molecule has 4 nitrogen and oxygen atoms in total. The summed E-state index contributed by atoms with van der Waals surface area (Å²) in [5.74, 6) is -0.329. The van der Waals surface area contributed by atoms with Crippen molar-refractivity contribution in [2.24, 2.45) is 0 Å². The van der Waals surface area contributed by atoms with Crippen LogP contribution in [0.4, 0.5) is 13.6 Å². The van der Waals surface area contributed by atoms with Gasteiger partial charge in [0.05, 0.1) is 6.04 Å². The van der Waals surface area contributed by atoms with E-state index in [0.29, 0.717) is 25.9 Å². The zero-order valence-electron chi connectivity index (χ0n) is 12.9. The number of carboxylic acid groups (broad SMARTS) is 1.